The third kappa shape index (κ3) is 5.48. The van der Waals surface area contributed by atoms with Crippen LogP contribution in [0.5, 0.6) is 0 Å². The Hall–Kier alpha value is -0.730. The summed E-state index contributed by atoms with van der Waals surface area (Å²) >= 11 is 0. The minimum Gasteiger partial charge on any atom is -0.467 e. The van der Waals surface area contributed by atoms with Crippen LogP contribution in [0, 0.1) is 0 Å². The predicted octanol–water partition coefficient (Wildman–Crippen LogP) is 0.344. The quantitative estimate of drug-likeness (QED) is 0.415. The summed E-state index contributed by atoms with van der Waals surface area (Å²) in [6.45, 7) is 2.51. The van der Waals surface area contributed by atoms with Crippen LogP contribution in [0.15, 0.2) is 0 Å². The molecule has 130 valence electrons. The normalized spacial score (nSPS) is 32.0. The number of carbonyl (C=O) groups excluding carboxylic acids is 1. The summed E-state index contributed by atoms with van der Waals surface area (Å²) in [5.74, 6) is -0.813. The number of ether oxygens (including phenoxy) is 3. The molecule has 0 amide bonds. The van der Waals surface area contributed by atoms with E-state index in [9.17, 15) is 20.1 Å². The lowest BCUT2D eigenvalue weighted by Crippen LogP contribution is -2.60. The van der Waals surface area contributed by atoms with Crippen LogP contribution in [0.4, 0.5) is 0 Å². The highest BCUT2D eigenvalue weighted by atomic mass is 16.7. The Labute approximate surface area is 131 Å². The van der Waals surface area contributed by atoms with Crippen molar-refractivity contribution in [2.75, 3.05) is 13.7 Å². The topological polar surface area (TPSA) is 105 Å². The van der Waals surface area contributed by atoms with Gasteiger partial charge in [-0.3, -0.25) is 0 Å². The van der Waals surface area contributed by atoms with Gasteiger partial charge in [-0.15, -0.1) is 0 Å². The first-order valence-corrected chi connectivity index (χ1v) is 7.92. The maximum absolute atomic E-state index is 11.5. The fourth-order valence-corrected chi connectivity index (χ4v) is 2.38. The molecule has 0 spiro atoms. The molecule has 1 heterocycles. The fourth-order valence-electron chi connectivity index (χ4n) is 2.38. The average molecular weight is 320 g/mol. The molecule has 3 N–H and O–H groups in total. The van der Waals surface area contributed by atoms with Gasteiger partial charge in [-0.25, -0.2) is 4.79 Å². The molecule has 5 atom stereocenters. The minimum absolute atomic E-state index is 0.352. The van der Waals surface area contributed by atoms with E-state index in [1.54, 1.807) is 0 Å². The van der Waals surface area contributed by atoms with E-state index in [-0.39, 0.29) is 0 Å². The van der Waals surface area contributed by atoms with Crippen molar-refractivity contribution < 1.29 is 34.3 Å². The molecule has 1 saturated heterocycles. The molecular formula is C15H28O7. The van der Waals surface area contributed by atoms with Gasteiger partial charge >= 0.3 is 5.97 Å². The van der Waals surface area contributed by atoms with Gasteiger partial charge in [0.05, 0.1) is 7.11 Å². The molecule has 0 aromatic heterocycles. The maximum atomic E-state index is 11.5. The Morgan fingerprint density at radius 1 is 1.00 bits per heavy atom. The van der Waals surface area contributed by atoms with Crippen molar-refractivity contribution in [1.29, 1.82) is 0 Å². The lowest BCUT2D eigenvalue weighted by Gasteiger charge is -2.38. The van der Waals surface area contributed by atoms with Crippen LogP contribution >= 0.6 is 0 Å². The Morgan fingerprint density at radius 3 is 2.27 bits per heavy atom. The number of hydrogen-bond acceptors (Lipinski definition) is 7. The standard InChI is InChI=1S/C15H28O7/c1-3-4-5-6-7-8-9-21-15-12(18)10(16)11(17)13(22-15)14(19)20-2/h10-13,15-18H,3-9H2,1-2H3/t10-,11-,12+,13-,15?/m0/s1. The molecule has 22 heavy (non-hydrogen) atoms. The van der Waals surface area contributed by atoms with Crippen molar-refractivity contribution >= 4 is 5.97 Å². The summed E-state index contributed by atoms with van der Waals surface area (Å²) in [6.07, 6.45) is -0.460. The van der Waals surface area contributed by atoms with Gasteiger partial charge < -0.3 is 29.5 Å². The molecule has 1 aliphatic heterocycles. The summed E-state index contributed by atoms with van der Waals surface area (Å²) in [7, 11) is 1.15. The molecule has 0 bridgehead atoms. The Kier molecular flexibility index (Phi) is 8.89. The van der Waals surface area contributed by atoms with E-state index in [4.69, 9.17) is 9.47 Å². The highest BCUT2D eigenvalue weighted by molar-refractivity contribution is 5.75. The number of methoxy groups -OCH3 is 1. The average Bonchev–Trinajstić information content (AvgIpc) is 2.53. The second-order valence-corrected chi connectivity index (χ2v) is 5.56. The highest BCUT2D eigenvalue weighted by Gasteiger charge is 2.47. The van der Waals surface area contributed by atoms with Crippen LogP contribution in [0.3, 0.4) is 0 Å². The van der Waals surface area contributed by atoms with E-state index in [0.29, 0.717) is 6.61 Å². The van der Waals surface area contributed by atoms with E-state index in [1.807, 2.05) is 0 Å². The molecule has 1 rings (SSSR count). The van der Waals surface area contributed by atoms with Gasteiger partial charge in [0.2, 0.25) is 0 Å². The zero-order valence-electron chi connectivity index (χ0n) is 13.3. The monoisotopic (exact) mass is 320 g/mol. The van der Waals surface area contributed by atoms with Crippen LogP contribution in [0.2, 0.25) is 0 Å². The molecule has 7 heteroatoms. The first kappa shape index (κ1) is 19.3. The van der Waals surface area contributed by atoms with E-state index in [0.717, 1.165) is 26.4 Å². The molecule has 1 unspecified atom stereocenters. The molecule has 1 aliphatic rings. The van der Waals surface area contributed by atoms with E-state index >= 15 is 0 Å². The number of carbonyl (C=O) groups is 1. The summed E-state index contributed by atoms with van der Waals surface area (Å²) in [5, 5.41) is 29.3. The maximum Gasteiger partial charge on any atom is 0.337 e. The number of rotatable bonds is 9. The zero-order chi connectivity index (χ0) is 16.5. The molecule has 7 nitrogen and oxygen atoms in total. The van der Waals surface area contributed by atoms with Gasteiger partial charge in [0.25, 0.3) is 0 Å². The van der Waals surface area contributed by atoms with E-state index in [2.05, 4.69) is 11.7 Å². The number of hydrogen-bond donors (Lipinski definition) is 3. The number of aliphatic hydroxyl groups excluding tert-OH is 3. The van der Waals surface area contributed by atoms with Gasteiger partial charge in [-0.1, -0.05) is 39.0 Å². The third-order valence-corrected chi connectivity index (χ3v) is 3.78. The Morgan fingerprint density at radius 2 is 1.64 bits per heavy atom. The van der Waals surface area contributed by atoms with Gasteiger partial charge in [0.1, 0.15) is 18.3 Å². The van der Waals surface area contributed by atoms with Crippen molar-refractivity contribution in [3.05, 3.63) is 0 Å². The molecule has 0 aromatic carbocycles. The molecule has 0 aliphatic carbocycles. The number of aliphatic hydroxyl groups is 3. The van der Waals surface area contributed by atoms with Gasteiger partial charge in [-0.05, 0) is 6.42 Å². The van der Waals surface area contributed by atoms with Crippen LogP contribution < -0.4 is 0 Å². The molecule has 0 saturated carbocycles. The number of unbranched alkanes of at least 4 members (excludes halogenated alkanes) is 5. The molecule has 0 radical (unpaired) electrons. The van der Waals surface area contributed by atoms with Crippen molar-refractivity contribution in [2.45, 2.75) is 76.2 Å². The lowest BCUT2D eigenvalue weighted by atomic mass is 9.99. The van der Waals surface area contributed by atoms with Crippen LogP contribution in [0.25, 0.3) is 0 Å². The second kappa shape index (κ2) is 10.1. The summed E-state index contributed by atoms with van der Waals surface area (Å²) in [6, 6.07) is 0. The largest absolute Gasteiger partial charge is 0.467 e. The predicted molar refractivity (Wildman–Crippen MR) is 78.0 cm³/mol. The van der Waals surface area contributed by atoms with Crippen molar-refractivity contribution in [1.82, 2.24) is 0 Å². The van der Waals surface area contributed by atoms with Crippen LogP contribution in [-0.2, 0) is 19.0 Å². The zero-order valence-corrected chi connectivity index (χ0v) is 13.3. The van der Waals surface area contributed by atoms with E-state index in [1.165, 1.54) is 19.3 Å². The number of esters is 1. The smallest absolute Gasteiger partial charge is 0.337 e. The van der Waals surface area contributed by atoms with Gasteiger partial charge in [-0.2, -0.15) is 0 Å². The molecule has 1 fully saturated rings. The van der Waals surface area contributed by atoms with E-state index < -0.39 is 36.7 Å². The summed E-state index contributed by atoms with van der Waals surface area (Å²) < 4.78 is 15.1. The Bertz CT molecular complexity index is 323. The SMILES string of the molecule is CCCCCCCCOC1O[C@H](C(=O)OC)[C@@H](O)[C@H](O)[C@H]1O. The van der Waals surface area contributed by atoms with Crippen LogP contribution in [-0.4, -0.2) is 65.7 Å². The minimum atomic E-state index is -1.55. The summed E-state index contributed by atoms with van der Waals surface area (Å²) in [4.78, 5) is 11.5. The highest BCUT2D eigenvalue weighted by Crippen LogP contribution is 2.23. The lowest BCUT2D eigenvalue weighted by molar-refractivity contribution is -0.294. The molecule has 0 aromatic rings. The van der Waals surface area contributed by atoms with Crippen LogP contribution in [0.1, 0.15) is 45.4 Å². The second-order valence-electron chi connectivity index (χ2n) is 5.56. The van der Waals surface area contributed by atoms with Crippen molar-refractivity contribution in [2.24, 2.45) is 0 Å². The van der Waals surface area contributed by atoms with Crippen molar-refractivity contribution in [3.8, 4) is 0 Å². The third-order valence-electron chi connectivity index (χ3n) is 3.78. The first-order valence-electron chi connectivity index (χ1n) is 7.92. The molecular weight excluding hydrogens is 292 g/mol. The summed E-state index contributed by atoms with van der Waals surface area (Å²) in [5.41, 5.74) is 0. The Balaban J connectivity index is 2.36. The van der Waals surface area contributed by atoms with Gasteiger partial charge in [0, 0.05) is 6.61 Å². The fraction of sp³-hybridized carbons (Fsp3) is 0.933. The van der Waals surface area contributed by atoms with Gasteiger partial charge in [0.15, 0.2) is 12.4 Å². The first-order chi connectivity index (χ1) is 10.5. The van der Waals surface area contributed by atoms with Crippen molar-refractivity contribution in [3.63, 3.8) is 0 Å².